The number of nitrogens with zero attached hydrogens (tertiary/aromatic N) is 5. The lowest BCUT2D eigenvalue weighted by Gasteiger charge is -2.26. The van der Waals surface area contributed by atoms with Gasteiger partial charge in [-0.15, -0.1) is 0 Å². The Morgan fingerprint density at radius 2 is 1.93 bits per heavy atom. The first kappa shape index (κ1) is 21.6. The molecule has 8 nitrogen and oxygen atoms in total. The summed E-state index contributed by atoms with van der Waals surface area (Å²) in [6.07, 6.45) is -1.64. The van der Waals surface area contributed by atoms with Gasteiger partial charge in [0.1, 0.15) is 5.03 Å². The maximum absolute atomic E-state index is 13.2. The molecule has 156 valence electrons. The fourth-order valence-electron chi connectivity index (χ4n) is 2.41. The molecule has 1 fully saturated rings. The molecular formula is C16H18F3N7OS2. The lowest BCUT2D eigenvalue weighted by molar-refractivity contribution is -0.141. The van der Waals surface area contributed by atoms with Gasteiger partial charge in [0, 0.05) is 44.6 Å². The van der Waals surface area contributed by atoms with Gasteiger partial charge >= 0.3 is 6.18 Å². The molecule has 2 aromatic heterocycles. The molecule has 13 heteroatoms. The molecule has 0 amide bonds. The van der Waals surface area contributed by atoms with Crippen molar-refractivity contribution in [2.75, 3.05) is 44.7 Å². The molecule has 29 heavy (non-hydrogen) atoms. The van der Waals surface area contributed by atoms with Crippen LogP contribution in [-0.4, -0.2) is 69.3 Å². The minimum absolute atomic E-state index is 0.0529. The van der Waals surface area contributed by atoms with Gasteiger partial charge in [-0.05, 0) is 30.0 Å². The normalized spacial score (nSPS) is 15.1. The Balaban J connectivity index is 1.63. The Hall–Kier alpha value is -2.09. The zero-order valence-corrected chi connectivity index (χ0v) is 16.8. The summed E-state index contributed by atoms with van der Waals surface area (Å²) in [4.78, 5) is 17.8. The van der Waals surface area contributed by atoms with Gasteiger partial charge < -0.3 is 15.4 Å². The average Bonchev–Trinajstić information content (AvgIpc) is 2.69. The number of hydrogen-bond donors (Lipinski definition) is 2. The smallest absolute Gasteiger partial charge is 0.379 e. The fourth-order valence-corrected chi connectivity index (χ4v) is 3.32. The van der Waals surface area contributed by atoms with Crippen molar-refractivity contribution in [1.29, 1.82) is 0 Å². The molecule has 0 spiro atoms. The monoisotopic (exact) mass is 445 g/mol. The van der Waals surface area contributed by atoms with E-state index in [-0.39, 0.29) is 21.2 Å². The topological polar surface area (TPSA) is 88.1 Å². The van der Waals surface area contributed by atoms with Crippen LogP contribution >= 0.6 is 24.0 Å². The Kier molecular flexibility index (Phi) is 7.52. The Morgan fingerprint density at radius 3 is 2.62 bits per heavy atom. The quantitative estimate of drug-likeness (QED) is 0.391. The summed E-state index contributed by atoms with van der Waals surface area (Å²) in [5.74, 6) is -0.248. The van der Waals surface area contributed by atoms with Crippen molar-refractivity contribution in [3.8, 4) is 0 Å². The molecule has 0 aliphatic carbocycles. The predicted molar refractivity (Wildman–Crippen MR) is 105 cm³/mol. The standard InChI is InChI=1S/C16H18F3N7OS2/c17-16(18,19)11-10-12(29-15-21-2-1-3-22-15)24-13(23-11)25-14(28)20-4-5-26-6-8-27-9-7-26/h1-3,10H,4-9H2,(H2,20,23,24,25,28). The number of hydrogen-bond acceptors (Lipinski definition) is 8. The van der Waals surface area contributed by atoms with E-state index in [0.717, 1.165) is 37.5 Å². The summed E-state index contributed by atoms with van der Waals surface area (Å²) >= 11 is 6.05. The number of aromatic nitrogens is 4. The highest BCUT2D eigenvalue weighted by Crippen LogP contribution is 2.32. The first-order chi connectivity index (χ1) is 13.9. The molecule has 0 radical (unpaired) electrons. The predicted octanol–water partition coefficient (Wildman–Crippen LogP) is 2.06. The highest BCUT2D eigenvalue weighted by Gasteiger charge is 2.34. The molecule has 3 rings (SSSR count). The van der Waals surface area contributed by atoms with Gasteiger partial charge in [0.2, 0.25) is 5.95 Å². The van der Waals surface area contributed by atoms with Crippen molar-refractivity contribution < 1.29 is 17.9 Å². The van der Waals surface area contributed by atoms with E-state index < -0.39 is 11.9 Å². The summed E-state index contributed by atoms with van der Waals surface area (Å²) in [7, 11) is 0. The van der Waals surface area contributed by atoms with Gasteiger partial charge in [-0.3, -0.25) is 4.90 Å². The van der Waals surface area contributed by atoms with Crippen LogP contribution in [0.25, 0.3) is 0 Å². The molecule has 0 aromatic carbocycles. The van der Waals surface area contributed by atoms with E-state index in [4.69, 9.17) is 17.0 Å². The number of nitrogens with one attached hydrogen (secondary N) is 2. The molecule has 2 aromatic rings. The van der Waals surface area contributed by atoms with Crippen LogP contribution in [0, 0.1) is 0 Å². The molecule has 1 saturated heterocycles. The van der Waals surface area contributed by atoms with E-state index in [1.54, 1.807) is 6.07 Å². The maximum Gasteiger partial charge on any atom is 0.433 e. The van der Waals surface area contributed by atoms with Crippen LogP contribution in [-0.2, 0) is 10.9 Å². The minimum Gasteiger partial charge on any atom is -0.379 e. The zero-order valence-electron chi connectivity index (χ0n) is 15.1. The van der Waals surface area contributed by atoms with Gasteiger partial charge in [-0.1, -0.05) is 0 Å². The van der Waals surface area contributed by atoms with E-state index in [1.807, 2.05) is 0 Å². The third-order valence-electron chi connectivity index (χ3n) is 3.77. The SMILES string of the molecule is FC(F)(F)c1cc(Sc2ncccn2)nc(NC(=S)NCCN2CCOCC2)n1. The lowest BCUT2D eigenvalue weighted by atomic mass is 10.4. The largest absolute Gasteiger partial charge is 0.433 e. The van der Waals surface area contributed by atoms with Crippen molar-refractivity contribution in [3.63, 3.8) is 0 Å². The van der Waals surface area contributed by atoms with Gasteiger partial charge in [0.15, 0.2) is 16.0 Å². The summed E-state index contributed by atoms with van der Waals surface area (Å²) in [5.41, 5.74) is -1.08. The second kappa shape index (κ2) is 10.1. The number of ether oxygens (including phenoxy) is 1. The number of morpholine rings is 1. The first-order valence-electron chi connectivity index (χ1n) is 8.66. The summed E-state index contributed by atoms with van der Waals surface area (Å²) < 4.78 is 44.9. The Labute approximate surface area is 174 Å². The molecule has 3 heterocycles. The van der Waals surface area contributed by atoms with E-state index in [1.165, 1.54) is 12.4 Å². The molecule has 1 aliphatic heterocycles. The minimum atomic E-state index is -4.63. The van der Waals surface area contributed by atoms with E-state index in [9.17, 15) is 13.2 Å². The van der Waals surface area contributed by atoms with Gasteiger partial charge in [0.05, 0.1) is 13.2 Å². The Bertz CT molecular complexity index is 820. The van der Waals surface area contributed by atoms with Crippen LogP contribution in [0.3, 0.4) is 0 Å². The highest BCUT2D eigenvalue weighted by molar-refractivity contribution is 7.99. The van der Waals surface area contributed by atoms with Gasteiger partial charge in [0.25, 0.3) is 0 Å². The molecule has 0 atom stereocenters. The molecule has 0 bridgehead atoms. The van der Waals surface area contributed by atoms with E-state index in [2.05, 4.69) is 35.5 Å². The fraction of sp³-hybridized carbons (Fsp3) is 0.438. The molecule has 0 unspecified atom stereocenters. The van der Waals surface area contributed by atoms with E-state index in [0.29, 0.717) is 19.8 Å². The van der Waals surface area contributed by atoms with Crippen molar-refractivity contribution in [2.24, 2.45) is 0 Å². The van der Waals surface area contributed by atoms with Crippen molar-refractivity contribution in [3.05, 3.63) is 30.2 Å². The van der Waals surface area contributed by atoms with Crippen LogP contribution in [0.4, 0.5) is 19.1 Å². The van der Waals surface area contributed by atoms with Crippen LogP contribution in [0.15, 0.2) is 34.7 Å². The van der Waals surface area contributed by atoms with Crippen LogP contribution in [0.2, 0.25) is 0 Å². The molecule has 2 N–H and O–H groups in total. The Morgan fingerprint density at radius 1 is 1.21 bits per heavy atom. The number of anilines is 1. The van der Waals surface area contributed by atoms with Crippen molar-refractivity contribution >= 4 is 35.0 Å². The summed E-state index contributed by atoms with van der Waals surface area (Å²) in [6, 6.07) is 2.46. The van der Waals surface area contributed by atoms with Gasteiger partial charge in [-0.25, -0.2) is 19.9 Å². The number of halogens is 3. The average molecular weight is 445 g/mol. The second-order valence-corrected chi connectivity index (χ2v) is 7.28. The number of rotatable bonds is 6. The van der Waals surface area contributed by atoms with Crippen LogP contribution in [0.1, 0.15) is 5.69 Å². The second-order valence-electron chi connectivity index (χ2n) is 5.88. The van der Waals surface area contributed by atoms with Crippen LogP contribution in [0.5, 0.6) is 0 Å². The van der Waals surface area contributed by atoms with Crippen LogP contribution < -0.4 is 10.6 Å². The maximum atomic E-state index is 13.2. The van der Waals surface area contributed by atoms with Crippen molar-refractivity contribution in [2.45, 2.75) is 16.4 Å². The molecule has 1 aliphatic rings. The third-order valence-corrected chi connectivity index (χ3v) is 4.83. The number of thiocarbonyl (C=S) groups is 1. The zero-order chi connectivity index (χ0) is 20.7. The van der Waals surface area contributed by atoms with E-state index >= 15 is 0 Å². The highest BCUT2D eigenvalue weighted by atomic mass is 32.2. The number of alkyl halides is 3. The summed E-state index contributed by atoms with van der Waals surface area (Å²) in [5, 5.41) is 6.04. The molecule has 0 saturated carbocycles. The molecular weight excluding hydrogens is 427 g/mol. The van der Waals surface area contributed by atoms with Crippen molar-refractivity contribution in [1.82, 2.24) is 30.2 Å². The lowest BCUT2D eigenvalue weighted by Crippen LogP contribution is -2.42. The first-order valence-corrected chi connectivity index (χ1v) is 9.89. The summed E-state index contributed by atoms with van der Waals surface area (Å²) in [6.45, 7) is 4.31. The third kappa shape index (κ3) is 7.03. The van der Waals surface area contributed by atoms with Gasteiger partial charge in [-0.2, -0.15) is 13.2 Å².